The number of hydrogen-bond acceptors (Lipinski definition) is 4. The van der Waals surface area contributed by atoms with Crippen LogP contribution >= 0.6 is 11.6 Å². The highest BCUT2D eigenvalue weighted by molar-refractivity contribution is 6.31. The van der Waals surface area contributed by atoms with Crippen molar-refractivity contribution in [2.24, 2.45) is 0 Å². The zero-order valence-electron chi connectivity index (χ0n) is 15.0. The summed E-state index contributed by atoms with van der Waals surface area (Å²) in [6, 6.07) is 9.98. The third kappa shape index (κ3) is 5.20. The third-order valence-corrected chi connectivity index (χ3v) is 4.51. The number of ether oxygens (including phenoxy) is 1. The molecular formula is C19H21ClN2O4. The smallest absolute Gasteiger partial charge is 0.269 e. The van der Waals surface area contributed by atoms with Crippen molar-refractivity contribution in [3.8, 4) is 5.75 Å². The van der Waals surface area contributed by atoms with Crippen LogP contribution in [0.25, 0.3) is 0 Å². The van der Waals surface area contributed by atoms with Crippen molar-refractivity contribution in [3.05, 3.63) is 68.2 Å². The minimum absolute atomic E-state index is 0.0525. The minimum atomic E-state index is -0.487. The molecule has 138 valence electrons. The Bertz CT molecular complexity index is 823. The lowest BCUT2D eigenvalue weighted by Gasteiger charge is -2.18. The van der Waals surface area contributed by atoms with Crippen molar-refractivity contribution in [3.63, 3.8) is 0 Å². The van der Waals surface area contributed by atoms with Crippen molar-refractivity contribution in [1.82, 2.24) is 4.90 Å². The van der Waals surface area contributed by atoms with Gasteiger partial charge in [0.1, 0.15) is 5.75 Å². The Balaban J connectivity index is 1.90. The second-order valence-corrected chi connectivity index (χ2v) is 6.53. The van der Waals surface area contributed by atoms with Crippen LogP contribution in [-0.2, 0) is 11.3 Å². The van der Waals surface area contributed by atoms with Crippen LogP contribution in [0.15, 0.2) is 36.4 Å². The van der Waals surface area contributed by atoms with Crippen molar-refractivity contribution in [2.75, 3.05) is 13.7 Å². The Morgan fingerprint density at radius 1 is 1.19 bits per heavy atom. The van der Waals surface area contributed by atoms with E-state index in [-0.39, 0.29) is 31.2 Å². The summed E-state index contributed by atoms with van der Waals surface area (Å²) >= 11 is 6.08. The fourth-order valence-corrected chi connectivity index (χ4v) is 2.57. The third-order valence-electron chi connectivity index (χ3n) is 4.14. The predicted octanol–water partition coefficient (Wildman–Crippen LogP) is 4.29. The van der Waals surface area contributed by atoms with Crippen molar-refractivity contribution in [1.29, 1.82) is 0 Å². The number of aryl methyl sites for hydroxylation is 2. The number of nitrogens with zero attached hydrogens (tertiary/aromatic N) is 2. The Hall–Kier alpha value is -2.60. The van der Waals surface area contributed by atoms with Gasteiger partial charge in [-0.1, -0.05) is 17.7 Å². The molecule has 7 heteroatoms. The van der Waals surface area contributed by atoms with Crippen LogP contribution in [0, 0.1) is 24.0 Å². The van der Waals surface area contributed by atoms with Crippen LogP contribution in [0.4, 0.5) is 5.69 Å². The summed E-state index contributed by atoms with van der Waals surface area (Å²) in [5.74, 6) is 0.599. The number of carbonyl (C=O) groups excluding carboxylic acids is 1. The predicted molar refractivity (Wildman–Crippen MR) is 101 cm³/mol. The molecule has 0 radical (unpaired) electrons. The number of halogens is 1. The summed E-state index contributed by atoms with van der Waals surface area (Å²) in [6.45, 7) is 4.48. The molecule has 0 unspecified atom stereocenters. The van der Waals surface area contributed by atoms with Gasteiger partial charge in [0.25, 0.3) is 5.69 Å². The highest BCUT2D eigenvalue weighted by atomic mass is 35.5. The quantitative estimate of drug-likeness (QED) is 0.533. The molecule has 0 saturated heterocycles. The van der Waals surface area contributed by atoms with Crippen LogP contribution in [0.2, 0.25) is 5.02 Å². The second kappa shape index (κ2) is 8.67. The molecular weight excluding hydrogens is 356 g/mol. The fourth-order valence-electron chi connectivity index (χ4n) is 2.39. The Labute approximate surface area is 157 Å². The summed E-state index contributed by atoms with van der Waals surface area (Å²) in [6.07, 6.45) is 0.204. The van der Waals surface area contributed by atoms with Gasteiger partial charge in [-0.15, -0.1) is 0 Å². The molecule has 6 nitrogen and oxygen atoms in total. The van der Waals surface area contributed by atoms with Gasteiger partial charge in [0.05, 0.1) is 18.0 Å². The molecule has 2 aromatic carbocycles. The number of rotatable bonds is 7. The van der Waals surface area contributed by atoms with Gasteiger partial charge in [0, 0.05) is 30.7 Å². The lowest BCUT2D eigenvalue weighted by Crippen LogP contribution is -2.27. The maximum atomic E-state index is 12.3. The largest absolute Gasteiger partial charge is 0.493 e. The molecule has 0 atom stereocenters. The van der Waals surface area contributed by atoms with Crippen molar-refractivity contribution in [2.45, 2.75) is 26.8 Å². The summed E-state index contributed by atoms with van der Waals surface area (Å²) in [7, 11) is 1.63. The maximum Gasteiger partial charge on any atom is 0.269 e. The molecule has 1 amide bonds. The topological polar surface area (TPSA) is 72.7 Å². The molecule has 2 aromatic rings. The lowest BCUT2D eigenvalue weighted by atomic mass is 10.1. The van der Waals surface area contributed by atoms with Crippen LogP contribution in [0.3, 0.4) is 0 Å². The van der Waals surface area contributed by atoms with Gasteiger partial charge >= 0.3 is 0 Å². The average molecular weight is 377 g/mol. The highest BCUT2D eigenvalue weighted by Crippen LogP contribution is 2.23. The Kier molecular flexibility index (Phi) is 6.58. The van der Waals surface area contributed by atoms with E-state index in [0.29, 0.717) is 10.6 Å². The number of non-ortho nitro benzene ring substituents is 1. The maximum absolute atomic E-state index is 12.3. The first-order valence-electron chi connectivity index (χ1n) is 8.14. The second-order valence-electron chi connectivity index (χ2n) is 6.13. The first-order chi connectivity index (χ1) is 12.3. The van der Waals surface area contributed by atoms with E-state index in [0.717, 1.165) is 11.3 Å². The molecule has 2 rings (SSSR count). The van der Waals surface area contributed by atoms with Crippen LogP contribution in [0.1, 0.15) is 23.1 Å². The SMILES string of the molecule is Cc1ccc(OCCC(=O)N(C)Cc2cc([N+](=O)[O-])ccc2Cl)cc1C. The van der Waals surface area contributed by atoms with Gasteiger partial charge in [0.2, 0.25) is 5.91 Å². The van der Waals surface area contributed by atoms with Crippen LogP contribution in [0.5, 0.6) is 5.75 Å². The van der Waals surface area contributed by atoms with Gasteiger partial charge in [-0.25, -0.2) is 0 Å². The molecule has 0 bridgehead atoms. The van der Waals surface area contributed by atoms with E-state index in [2.05, 4.69) is 0 Å². The van der Waals surface area contributed by atoms with Gasteiger partial charge in [-0.05, 0) is 48.7 Å². The Morgan fingerprint density at radius 2 is 1.92 bits per heavy atom. The molecule has 0 aliphatic carbocycles. The van der Waals surface area contributed by atoms with Gasteiger partial charge in [-0.2, -0.15) is 0 Å². The molecule has 0 fully saturated rings. The molecule has 0 aliphatic heterocycles. The molecule has 0 aromatic heterocycles. The van der Waals surface area contributed by atoms with Gasteiger partial charge < -0.3 is 9.64 Å². The first-order valence-corrected chi connectivity index (χ1v) is 8.52. The molecule has 26 heavy (non-hydrogen) atoms. The molecule has 0 heterocycles. The monoisotopic (exact) mass is 376 g/mol. The molecule has 0 aliphatic rings. The van der Waals surface area contributed by atoms with E-state index in [4.69, 9.17) is 16.3 Å². The number of nitro benzene ring substituents is 1. The molecule has 0 saturated carbocycles. The van der Waals surface area contributed by atoms with E-state index in [9.17, 15) is 14.9 Å². The van der Waals surface area contributed by atoms with E-state index < -0.39 is 4.92 Å². The standard InChI is InChI=1S/C19H21ClN2O4/c1-13-4-6-17(10-14(13)2)26-9-8-19(23)21(3)12-15-11-16(22(24)25)5-7-18(15)20/h4-7,10-11H,8-9,12H2,1-3H3. The fraction of sp³-hybridized carbons (Fsp3) is 0.316. The number of nitro groups is 1. The van der Waals surface area contributed by atoms with Crippen LogP contribution < -0.4 is 4.74 Å². The average Bonchev–Trinajstić information content (AvgIpc) is 2.59. The van der Waals surface area contributed by atoms with Gasteiger partial charge in [0.15, 0.2) is 0 Å². The zero-order chi connectivity index (χ0) is 19.3. The van der Waals surface area contributed by atoms with Gasteiger partial charge in [-0.3, -0.25) is 14.9 Å². The Morgan fingerprint density at radius 3 is 2.58 bits per heavy atom. The zero-order valence-corrected chi connectivity index (χ0v) is 15.7. The molecule has 0 N–H and O–H groups in total. The number of benzene rings is 2. The van der Waals surface area contributed by atoms with E-state index in [1.54, 1.807) is 7.05 Å². The first kappa shape index (κ1) is 19.7. The summed E-state index contributed by atoms with van der Waals surface area (Å²) in [5, 5.41) is 11.3. The van der Waals surface area contributed by atoms with E-state index in [1.165, 1.54) is 28.7 Å². The number of hydrogen-bond donors (Lipinski definition) is 0. The van der Waals surface area contributed by atoms with Crippen molar-refractivity contribution >= 4 is 23.2 Å². The van der Waals surface area contributed by atoms with E-state index in [1.807, 2.05) is 32.0 Å². The van der Waals surface area contributed by atoms with Crippen molar-refractivity contribution < 1.29 is 14.5 Å². The minimum Gasteiger partial charge on any atom is -0.493 e. The molecule has 0 spiro atoms. The highest BCUT2D eigenvalue weighted by Gasteiger charge is 2.15. The summed E-state index contributed by atoms with van der Waals surface area (Å²) in [4.78, 5) is 24.1. The van der Waals surface area contributed by atoms with E-state index >= 15 is 0 Å². The number of carbonyl (C=O) groups is 1. The lowest BCUT2D eigenvalue weighted by molar-refractivity contribution is -0.384. The van der Waals surface area contributed by atoms with Crippen LogP contribution in [-0.4, -0.2) is 29.4 Å². The normalized spacial score (nSPS) is 10.5. The summed E-state index contributed by atoms with van der Waals surface area (Å²) in [5.41, 5.74) is 2.79. The number of amides is 1. The summed E-state index contributed by atoms with van der Waals surface area (Å²) < 4.78 is 5.62.